The third-order valence-corrected chi connectivity index (χ3v) is 3.43. The molecule has 126 valence electrons. The Hall–Kier alpha value is -2.55. The largest absolute Gasteiger partial charge is 0.460 e. The molecule has 10 heteroatoms. The predicted octanol–water partition coefficient (Wildman–Crippen LogP) is 3.81. The summed E-state index contributed by atoms with van der Waals surface area (Å²) < 4.78 is 42.6. The van der Waals surface area contributed by atoms with Gasteiger partial charge in [-0.15, -0.1) is 10.2 Å². The molecule has 0 aliphatic heterocycles. The Kier molecular flexibility index (Phi) is 4.43. The van der Waals surface area contributed by atoms with Crippen LogP contribution in [0.4, 0.5) is 24.8 Å². The van der Waals surface area contributed by atoms with Crippen molar-refractivity contribution in [2.75, 3.05) is 23.7 Å². The highest BCUT2D eigenvalue weighted by molar-refractivity contribution is 6.34. The fraction of sp³-hybridized carbons (Fsp3) is 0.214. The van der Waals surface area contributed by atoms with Crippen molar-refractivity contribution in [3.63, 3.8) is 0 Å². The molecule has 0 bridgehead atoms. The third kappa shape index (κ3) is 3.51. The first kappa shape index (κ1) is 16.3. The van der Waals surface area contributed by atoms with E-state index in [1.807, 2.05) is 0 Å². The van der Waals surface area contributed by atoms with E-state index in [2.05, 4.69) is 25.8 Å². The average molecular weight is 358 g/mol. The normalized spacial score (nSPS) is 11.7. The lowest BCUT2D eigenvalue weighted by atomic mass is 10.3. The summed E-state index contributed by atoms with van der Waals surface area (Å²) in [5.74, 6) is 0.775. The topological polar surface area (TPSA) is 75.9 Å². The molecule has 24 heavy (non-hydrogen) atoms. The van der Waals surface area contributed by atoms with Gasteiger partial charge in [0, 0.05) is 19.3 Å². The van der Waals surface area contributed by atoms with Crippen molar-refractivity contribution in [3.05, 3.63) is 41.4 Å². The zero-order valence-corrected chi connectivity index (χ0v) is 12.8. The number of halogens is 4. The Labute approximate surface area is 139 Å². The summed E-state index contributed by atoms with van der Waals surface area (Å²) in [4.78, 5) is 3.72. The zero-order chi connectivity index (χ0) is 17.2. The minimum absolute atomic E-state index is 0.247. The summed E-state index contributed by atoms with van der Waals surface area (Å²) >= 11 is 5.89. The molecule has 0 spiro atoms. The monoisotopic (exact) mass is 357 g/mol. The van der Waals surface area contributed by atoms with Gasteiger partial charge in [-0.3, -0.25) is 0 Å². The summed E-state index contributed by atoms with van der Waals surface area (Å²) in [6.45, 7) is 0.833. The number of fused-ring (bicyclic) bond motifs is 1. The molecular weight excluding hydrogens is 347 g/mol. The molecule has 0 aliphatic rings. The Morgan fingerprint density at radius 3 is 2.58 bits per heavy atom. The second kappa shape index (κ2) is 6.52. The molecular formula is C14H11ClF3N5O. The van der Waals surface area contributed by atoms with E-state index in [0.29, 0.717) is 35.7 Å². The Morgan fingerprint density at radius 1 is 1.08 bits per heavy atom. The number of nitrogens with zero attached hydrogens (tertiary/aromatic N) is 3. The van der Waals surface area contributed by atoms with Crippen LogP contribution in [0.1, 0.15) is 5.56 Å². The zero-order valence-electron chi connectivity index (χ0n) is 12.1. The predicted molar refractivity (Wildman–Crippen MR) is 83.0 cm³/mol. The van der Waals surface area contributed by atoms with E-state index >= 15 is 0 Å². The van der Waals surface area contributed by atoms with Crippen molar-refractivity contribution in [1.29, 1.82) is 0 Å². The van der Waals surface area contributed by atoms with Gasteiger partial charge >= 0.3 is 6.18 Å². The Morgan fingerprint density at radius 2 is 1.88 bits per heavy atom. The van der Waals surface area contributed by atoms with Crippen LogP contribution in [0.15, 0.2) is 35.1 Å². The summed E-state index contributed by atoms with van der Waals surface area (Å²) in [6.07, 6.45) is -2.13. The highest BCUT2D eigenvalue weighted by Crippen LogP contribution is 2.29. The summed E-state index contributed by atoms with van der Waals surface area (Å²) in [5, 5.41) is 14.5. The molecule has 6 nitrogen and oxygen atoms in total. The third-order valence-electron chi connectivity index (χ3n) is 3.15. The maximum atomic E-state index is 12.4. The van der Waals surface area contributed by atoms with Crippen LogP contribution in [0.3, 0.4) is 0 Å². The molecule has 0 unspecified atom stereocenters. The number of aromatic nitrogens is 3. The van der Waals surface area contributed by atoms with E-state index in [-0.39, 0.29) is 5.15 Å². The first-order chi connectivity index (χ1) is 11.4. The van der Waals surface area contributed by atoms with Gasteiger partial charge in [0.25, 0.3) is 0 Å². The number of hydrogen-bond donors (Lipinski definition) is 2. The van der Waals surface area contributed by atoms with Crippen molar-refractivity contribution in [1.82, 2.24) is 15.2 Å². The fourth-order valence-corrected chi connectivity index (χ4v) is 2.19. The van der Waals surface area contributed by atoms with Crippen LogP contribution in [0.5, 0.6) is 0 Å². The van der Waals surface area contributed by atoms with Crippen LogP contribution in [0.25, 0.3) is 11.0 Å². The fourth-order valence-electron chi connectivity index (χ4n) is 2.00. The van der Waals surface area contributed by atoms with Gasteiger partial charge in [-0.25, -0.2) is 4.98 Å². The van der Waals surface area contributed by atoms with Crippen LogP contribution in [0, 0.1) is 0 Å². The van der Waals surface area contributed by atoms with Crippen LogP contribution in [-0.4, -0.2) is 28.3 Å². The van der Waals surface area contributed by atoms with Gasteiger partial charge < -0.3 is 15.1 Å². The summed E-state index contributed by atoms with van der Waals surface area (Å²) in [7, 11) is 0. The van der Waals surface area contributed by atoms with Crippen LogP contribution in [0.2, 0.25) is 5.15 Å². The standard InChI is InChI=1S/C14H11ClF3N5O/c15-12-9-3-6-24-11(9)13(23-22-12)20-5-4-19-10-2-1-8(7-21-10)14(16,17)18/h1-3,6-7H,4-5H2,(H,19,21)(H,20,23). The molecule has 3 heterocycles. The first-order valence-electron chi connectivity index (χ1n) is 6.85. The van der Waals surface area contributed by atoms with E-state index in [1.165, 1.54) is 12.3 Å². The Balaban J connectivity index is 1.55. The molecule has 0 aliphatic carbocycles. The van der Waals surface area contributed by atoms with Crippen molar-refractivity contribution in [2.24, 2.45) is 0 Å². The maximum Gasteiger partial charge on any atom is 0.417 e. The molecule has 0 saturated carbocycles. The van der Waals surface area contributed by atoms with Crippen molar-refractivity contribution in [3.8, 4) is 0 Å². The number of anilines is 2. The molecule has 0 atom stereocenters. The van der Waals surface area contributed by atoms with E-state index in [1.54, 1.807) is 6.07 Å². The van der Waals surface area contributed by atoms with E-state index in [4.69, 9.17) is 16.0 Å². The van der Waals surface area contributed by atoms with Crippen molar-refractivity contribution < 1.29 is 17.6 Å². The minimum Gasteiger partial charge on any atom is -0.460 e. The summed E-state index contributed by atoms with van der Waals surface area (Å²) in [5.41, 5.74) is -0.300. The van der Waals surface area contributed by atoms with Crippen LogP contribution < -0.4 is 10.6 Å². The van der Waals surface area contributed by atoms with Gasteiger partial charge in [0.2, 0.25) is 0 Å². The number of pyridine rings is 1. The molecule has 0 aromatic carbocycles. The van der Waals surface area contributed by atoms with Crippen molar-refractivity contribution in [2.45, 2.75) is 6.18 Å². The van der Waals surface area contributed by atoms with Gasteiger partial charge in [0.05, 0.1) is 17.2 Å². The quantitative estimate of drug-likeness (QED) is 0.676. The molecule has 3 aromatic rings. The number of hydrogen-bond acceptors (Lipinski definition) is 6. The highest BCUT2D eigenvalue weighted by Gasteiger charge is 2.30. The lowest BCUT2D eigenvalue weighted by Gasteiger charge is -2.09. The van der Waals surface area contributed by atoms with Gasteiger partial charge in [-0.1, -0.05) is 11.6 Å². The van der Waals surface area contributed by atoms with Crippen LogP contribution in [-0.2, 0) is 6.18 Å². The lowest BCUT2D eigenvalue weighted by molar-refractivity contribution is -0.137. The molecule has 0 saturated heterocycles. The van der Waals surface area contributed by atoms with Crippen molar-refractivity contribution >= 4 is 34.2 Å². The second-order valence-electron chi connectivity index (χ2n) is 4.79. The molecule has 0 radical (unpaired) electrons. The summed E-state index contributed by atoms with van der Waals surface area (Å²) in [6, 6.07) is 3.93. The minimum atomic E-state index is -4.39. The van der Waals surface area contributed by atoms with E-state index < -0.39 is 11.7 Å². The van der Waals surface area contributed by atoms with E-state index in [0.717, 1.165) is 12.3 Å². The van der Waals surface area contributed by atoms with Crippen LogP contribution >= 0.6 is 11.6 Å². The number of alkyl halides is 3. The van der Waals surface area contributed by atoms with Gasteiger partial charge in [-0.2, -0.15) is 13.2 Å². The van der Waals surface area contributed by atoms with E-state index in [9.17, 15) is 13.2 Å². The lowest BCUT2D eigenvalue weighted by Crippen LogP contribution is -2.15. The highest BCUT2D eigenvalue weighted by atomic mass is 35.5. The first-order valence-corrected chi connectivity index (χ1v) is 7.23. The second-order valence-corrected chi connectivity index (χ2v) is 5.14. The maximum absolute atomic E-state index is 12.4. The smallest absolute Gasteiger partial charge is 0.417 e. The molecule has 3 rings (SSSR count). The SMILES string of the molecule is FC(F)(F)c1ccc(NCCNc2nnc(Cl)c3ccoc23)nc1. The molecule has 3 aromatic heterocycles. The molecule has 0 amide bonds. The number of rotatable bonds is 5. The van der Waals surface area contributed by atoms with Gasteiger partial charge in [-0.05, 0) is 18.2 Å². The average Bonchev–Trinajstić information content (AvgIpc) is 3.04. The van der Waals surface area contributed by atoms with Gasteiger partial charge in [0.1, 0.15) is 5.82 Å². The molecule has 0 fully saturated rings. The molecule has 2 N–H and O–H groups in total. The number of nitrogens with one attached hydrogen (secondary N) is 2. The number of furan rings is 1. The van der Waals surface area contributed by atoms with Gasteiger partial charge in [0.15, 0.2) is 16.6 Å². The Bertz CT molecular complexity index is 835.